The van der Waals surface area contributed by atoms with Gasteiger partial charge in [0.1, 0.15) is 11.5 Å². The van der Waals surface area contributed by atoms with Gasteiger partial charge in [-0.05, 0) is 62.2 Å². The number of aryl methyl sites for hydroxylation is 1. The van der Waals surface area contributed by atoms with Crippen molar-refractivity contribution in [2.45, 2.75) is 38.3 Å². The molecule has 28 heavy (non-hydrogen) atoms. The molecule has 0 spiro atoms. The number of carbonyl (C=O) groups is 1. The standard InChI is InChI=1S/C20H26N2O5S/c1-5-27-19-11-10-18(12-14(19)2)28(24,25)22-15(3)20(23)21-13-16-6-8-17(26-4)9-7-16/h6-12,15,22H,5,13H2,1-4H3,(H,21,23)/t15-/m0/s1. The van der Waals surface area contributed by atoms with Crippen LogP contribution in [0.25, 0.3) is 0 Å². The molecule has 1 amide bonds. The summed E-state index contributed by atoms with van der Waals surface area (Å²) in [4.78, 5) is 12.4. The van der Waals surface area contributed by atoms with Crippen molar-refractivity contribution in [2.75, 3.05) is 13.7 Å². The van der Waals surface area contributed by atoms with E-state index >= 15 is 0 Å². The summed E-state index contributed by atoms with van der Waals surface area (Å²) in [5, 5.41) is 2.72. The van der Waals surface area contributed by atoms with Crippen LogP contribution >= 0.6 is 0 Å². The molecule has 0 aliphatic carbocycles. The van der Waals surface area contributed by atoms with Crippen LogP contribution in [0.2, 0.25) is 0 Å². The number of rotatable bonds is 9. The van der Waals surface area contributed by atoms with Gasteiger partial charge in [-0.15, -0.1) is 0 Å². The second-order valence-corrected chi connectivity index (χ2v) is 7.98. The van der Waals surface area contributed by atoms with Gasteiger partial charge in [-0.2, -0.15) is 4.72 Å². The first-order valence-electron chi connectivity index (χ1n) is 8.93. The average Bonchev–Trinajstić information content (AvgIpc) is 2.67. The number of sulfonamides is 1. The predicted octanol–water partition coefficient (Wildman–Crippen LogP) is 2.39. The SMILES string of the molecule is CCOc1ccc(S(=O)(=O)N[C@@H](C)C(=O)NCc2ccc(OC)cc2)cc1C. The van der Waals surface area contributed by atoms with Gasteiger partial charge < -0.3 is 14.8 Å². The lowest BCUT2D eigenvalue weighted by Crippen LogP contribution is -2.44. The Bertz CT molecular complexity index is 911. The summed E-state index contributed by atoms with van der Waals surface area (Å²) < 4.78 is 38.1. The van der Waals surface area contributed by atoms with Gasteiger partial charge in [-0.1, -0.05) is 12.1 Å². The van der Waals surface area contributed by atoms with E-state index < -0.39 is 22.0 Å². The highest BCUT2D eigenvalue weighted by molar-refractivity contribution is 7.89. The summed E-state index contributed by atoms with van der Waals surface area (Å²) in [6.45, 7) is 5.92. The Hall–Kier alpha value is -2.58. The van der Waals surface area contributed by atoms with Crippen molar-refractivity contribution in [2.24, 2.45) is 0 Å². The number of hydrogen-bond acceptors (Lipinski definition) is 5. The molecular weight excluding hydrogens is 380 g/mol. The fourth-order valence-corrected chi connectivity index (χ4v) is 3.83. The van der Waals surface area contributed by atoms with Gasteiger partial charge in [0.2, 0.25) is 15.9 Å². The smallest absolute Gasteiger partial charge is 0.241 e. The van der Waals surface area contributed by atoms with E-state index in [4.69, 9.17) is 9.47 Å². The summed E-state index contributed by atoms with van der Waals surface area (Å²) in [6, 6.07) is 10.9. The minimum atomic E-state index is -3.83. The van der Waals surface area contributed by atoms with Crippen LogP contribution in [0.3, 0.4) is 0 Å². The monoisotopic (exact) mass is 406 g/mol. The maximum Gasteiger partial charge on any atom is 0.241 e. The highest BCUT2D eigenvalue weighted by atomic mass is 32.2. The van der Waals surface area contributed by atoms with E-state index in [-0.39, 0.29) is 11.4 Å². The molecule has 1 atom stereocenters. The number of amides is 1. The lowest BCUT2D eigenvalue weighted by Gasteiger charge is -2.15. The van der Waals surface area contributed by atoms with E-state index in [9.17, 15) is 13.2 Å². The van der Waals surface area contributed by atoms with Crippen molar-refractivity contribution in [3.05, 3.63) is 53.6 Å². The molecule has 0 heterocycles. The van der Waals surface area contributed by atoms with Gasteiger partial charge >= 0.3 is 0 Å². The van der Waals surface area contributed by atoms with Gasteiger partial charge in [0.25, 0.3) is 0 Å². The zero-order chi connectivity index (χ0) is 20.7. The number of nitrogens with one attached hydrogen (secondary N) is 2. The summed E-state index contributed by atoms with van der Waals surface area (Å²) in [5.41, 5.74) is 1.59. The Morgan fingerprint density at radius 3 is 2.39 bits per heavy atom. The zero-order valence-corrected chi connectivity index (χ0v) is 17.3. The van der Waals surface area contributed by atoms with E-state index in [0.29, 0.717) is 17.9 Å². The Balaban J connectivity index is 1.98. The van der Waals surface area contributed by atoms with Crippen LogP contribution in [0.5, 0.6) is 11.5 Å². The third-order valence-corrected chi connectivity index (χ3v) is 5.65. The summed E-state index contributed by atoms with van der Waals surface area (Å²) in [7, 11) is -2.25. The molecule has 2 N–H and O–H groups in total. The minimum absolute atomic E-state index is 0.0863. The lowest BCUT2D eigenvalue weighted by molar-refractivity contribution is -0.122. The second kappa shape index (κ2) is 9.57. The average molecular weight is 407 g/mol. The van der Waals surface area contributed by atoms with E-state index in [1.54, 1.807) is 32.2 Å². The topological polar surface area (TPSA) is 93.7 Å². The molecule has 152 valence electrons. The van der Waals surface area contributed by atoms with Gasteiger partial charge in [0.05, 0.1) is 24.7 Å². The molecule has 0 aliphatic rings. The highest BCUT2D eigenvalue weighted by Crippen LogP contribution is 2.22. The summed E-state index contributed by atoms with van der Waals surface area (Å²) >= 11 is 0. The van der Waals surface area contributed by atoms with Crippen LogP contribution in [-0.2, 0) is 21.4 Å². The van der Waals surface area contributed by atoms with Gasteiger partial charge in [-0.25, -0.2) is 8.42 Å². The van der Waals surface area contributed by atoms with Crippen LogP contribution in [0, 0.1) is 6.92 Å². The van der Waals surface area contributed by atoms with Crippen LogP contribution in [0.15, 0.2) is 47.4 Å². The van der Waals surface area contributed by atoms with Crippen LogP contribution < -0.4 is 19.5 Å². The predicted molar refractivity (Wildman–Crippen MR) is 107 cm³/mol. The molecule has 0 aliphatic heterocycles. The minimum Gasteiger partial charge on any atom is -0.497 e. The quantitative estimate of drug-likeness (QED) is 0.667. The van der Waals surface area contributed by atoms with Gasteiger partial charge in [0.15, 0.2) is 0 Å². The normalized spacial score (nSPS) is 12.3. The zero-order valence-electron chi connectivity index (χ0n) is 16.5. The first-order valence-corrected chi connectivity index (χ1v) is 10.4. The maximum atomic E-state index is 12.6. The second-order valence-electron chi connectivity index (χ2n) is 6.27. The fourth-order valence-electron chi connectivity index (χ4n) is 2.55. The molecular formula is C20H26N2O5S. The van der Waals surface area contributed by atoms with E-state index in [1.165, 1.54) is 19.1 Å². The van der Waals surface area contributed by atoms with Crippen molar-refractivity contribution in [1.29, 1.82) is 0 Å². The molecule has 0 saturated heterocycles. The third-order valence-electron chi connectivity index (χ3n) is 4.11. The Labute approximate surface area is 166 Å². The van der Waals surface area contributed by atoms with Crippen molar-refractivity contribution in [3.8, 4) is 11.5 Å². The van der Waals surface area contributed by atoms with E-state index in [2.05, 4.69) is 10.0 Å². The van der Waals surface area contributed by atoms with Crippen molar-refractivity contribution < 1.29 is 22.7 Å². The molecule has 0 fully saturated rings. The van der Waals surface area contributed by atoms with Crippen LogP contribution in [-0.4, -0.2) is 34.1 Å². The molecule has 0 bridgehead atoms. The highest BCUT2D eigenvalue weighted by Gasteiger charge is 2.22. The largest absolute Gasteiger partial charge is 0.497 e. The molecule has 2 aromatic carbocycles. The molecule has 8 heteroatoms. The van der Waals surface area contributed by atoms with Crippen molar-refractivity contribution in [3.63, 3.8) is 0 Å². The Morgan fingerprint density at radius 1 is 1.14 bits per heavy atom. The van der Waals surface area contributed by atoms with E-state index in [1.807, 2.05) is 19.1 Å². The van der Waals surface area contributed by atoms with Crippen molar-refractivity contribution in [1.82, 2.24) is 10.0 Å². The first kappa shape index (κ1) is 21.7. The van der Waals surface area contributed by atoms with Crippen LogP contribution in [0.4, 0.5) is 0 Å². The number of benzene rings is 2. The molecule has 0 unspecified atom stereocenters. The molecule has 2 aromatic rings. The third kappa shape index (κ3) is 5.71. The van der Waals surface area contributed by atoms with Gasteiger partial charge in [-0.3, -0.25) is 4.79 Å². The molecule has 2 rings (SSSR count). The Morgan fingerprint density at radius 2 is 1.82 bits per heavy atom. The molecule has 0 radical (unpaired) electrons. The molecule has 0 aromatic heterocycles. The summed E-state index contributed by atoms with van der Waals surface area (Å²) in [5.74, 6) is 0.940. The number of hydrogen-bond donors (Lipinski definition) is 2. The first-order chi connectivity index (χ1) is 13.3. The molecule has 0 saturated carbocycles. The lowest BCUT2D eigenvalue weighted by atomic mass is 10.2. The summed E-state index contributed by atoms with van der Waals surface area (Å²) in [6.07, 6.45) is 0. The number of ether oxygens (including phenoxy) is 2. The number of methoxy groups -OCH3 is 1. The Kier molecular flexibility index (Phi) is 7.42. The molecule has 7 nitrogen and oxygen atoms in total. The van der Waals surface area contributed by atoms with Crippen molar-refractivity contribution >= 4 is 15.9 Å². The van der Waals surface area contributed by atoms with E-state index in [0.717, 1.165) is 11.3 Å². The maximum absolute atomic E-state index is 12.6. The fraction of sp³-hybridized carbons (Fsp3) is 0.350. The number of carbonyl (C=O) groups excluding carboxylic acids is 1. The van der Waals surface area contributed by atoms with Gasteiger partial charge in [0, 0.05) is 6.54 Å². The van der Waals surface area contributed by atoms with Crippen LogP contribution in [0.1, 0.15) is 25.0 Å².